The molecular weight excluding hydrogens is 333 g/mol. The number of aromatic nitrogens is 5. The van der Waals surface area contributed by atoms with Gasteiger partial charge in [0.25, 0.3) is 0 Å². The topological polar surface area (TPSA) is 96.6 Å². The number of carbonyl (C=O) groups excluding carboxylic acids is 1. The number of carboxylic acids is 1. The number of carboxylic acid groups (broad SMARTS) is 1. The van der Waals surface area contributed by atoms with Gasteiger partial charge in [0.1, 0.15) is 17.2 Å². The van der Waals surface area contributed by atoms with Crippen LogP contribution >= 0.6 is 11.8 Å². The number of aliphatic carboxylic acids is 1. The fraction of sp³-hybridized carbons (Fsp3) is 0.267. The highest BCUT2D eigenvalue weighted by Gasteiger charge is 2.17. The van der Waals surface area contributed by atoms with Gasteiger partial charge in [0.05, 0.1) is 17.8 Å². The normalized spacial score (nSPS) is 12.4. The molecule has 0 aliphatic heterocycles. The highest BCUT2D eigenvalue weighted by Crippen LogP contribution is 2.28. The van der Waals surface area contributed by atoms with Crippen LogP contribution in [0.3, 0.4) is 0 Å². The molecule has 3 rings (SSSR count). The molecule has 3 aromatic rings. The maximum atomic E-state index is 13.0. The van der Waals surface area contributed by atoms with Crippen molar-refractivity contribution in [3.63, 3.8) is 0 Å². The van der Waals surface area contributed by atoms with Crippen LogP contribution in [0.25, 0.3) is 11.2 Å². The SMILES string of the molecule is CC[C@H](Sc1ncnc2c1nnn2Cc1ccc(F)cc1)C(=O)[O-]. The molecular formula is C15H13FN5O2S-. The summed E-state index contributed by atoms with van der Waals surface area (Å²) in [6.45, 7) is 2.13. The van der Waals surface area contributed by atoms with Crippen molar-refractivity contribution >= 4 is 28.9 Å². The average molecular weight is 346 g/mol. The van der Waals surface area contributed by atoms with E-state index in [1.165, 1.54) is 18.5 Å². The van der Waals surface area contributed by atoms with E-state index in [1.807, 2.05) is 0 Å². The van der Waals surface area contributed by atoms with Crippen molar-refractivity contribution in [2.75, 3.05) is 0 Å². The number of hydrogen-bond acceptors (Lipinski definition) is 7. The lowest BCUT2D eigenvalue weighted by molar-refractivity contribution is -0.304. The highest BCUT2D eigenvalue weighted by atomic mass is 32.2. The van der Waals surface area contributed by atoms with Gasteiger partial charge in [-0.3, -0.25) is 0 Å². The molecule has 7 nitrogen and oxygen atoms in total. The Labute approximate surface area is 140 Å². The van der Waals surface area contributed by atoms with Gasteiger partial charge >= 0.3 is 0 Å². The fourth-order valence-corrected chi connectivity index (χ4v) is 3.04. The number of hydrogen-bond donors (Lipinski definition) is 0. The van der Waals surface area contributed by atoms with E-state index >= 15 is 0 Å². The van der Waals surface area contributed by atoms with Crippen molar-refractivity contribution in [3.05, 3.63) is 42.0 Å². The van der Waals surface area contributed by atoms with Gasteiger partial charge in [-0.05, 0) is 24.1 Å². The number of halogens is 1. The molecule has 0 spiro atoms. The summed E-state index contributed by atoms with van der Waals surface area (Å²) in [5.41, 5.74) is 1.77. The predicted molar refractivity (Wildman–Crippen MR) is 83.6 cm³/mol. The molecule has 0 aliphatic carbocycles. The number of fused-ring (bicyclic) bond motifs is 1. The molecule has 1 aromatic carbocycles. The summed E-state index contributed by atoms with van der Waals surface area (Å²) in [6.07, 6.45) is 1.75. The summed E-state index contributed by atoms with van der Waals surface area (Å²) >= 11 is 1.07. The molecule has 0 aliphatic rings. The summed E-state index contributed by atoms with van der Waals surface area (Å²) in [4.78, 5) is 19.4. The predicted octanol–water partition coefficient (Wildman–Crippen LogP) is 1.03. The summed E-state index contributed by atoms with van der Waals surface area (Å²) in [5.74, 6) is -1.45. The van der Waals surface area contributed by atoms with Gasteiger partial charge < -0.3 is 9.90 Å². The van der Waals surface area contributed by atoms with Gasteiger partial charge in [-0.2, -0.15) is 0 Å². The lowest BCUT2D eigenvalue weighted by atomic mass is 10.2. The smallest absolute Gasteiger partial charge is 0.183 e. The van der Waals surface area contributed by atoms with Crippen molar-refractivity contribution in [1.82, 2.24) is 25.0 Å². The Morgan fingerprint density at radius 3 is 2.75 bits per heavy atom. The summed E-state index contributed by atoms with van der Waals surface area (Å²) < 4.78 is 14.5. The monoisotopic (exact) mass is 346 g/mol. The zero-order valence-electron chi connectivity index (χ0n) is 12.7. The minimum atomic E-state index is -1.15. The molecule has 24 heavy (non-hydrogen) atoms. The molecule has 1 atom stereocenters. The fourth-order valence-electron chi connectivity index (χ4n) is 2.16. The second-order valence-corrected chi connectivity index (χ2v) is 6.25. The van der Waals surface area contributed by atoms with Crippen molar-refractivity contribution in [3.8, 4) is 0 Å². The Morgan fingerprint density at radius 1 is 1.33 bits per heavy atom. The molecule has 0 saturated carbocycles. The van der Waals surface area contributed by atoms with Crippen LogP contribution in [-0.2, 0) is 11.3 Å². The van der Waals surface area contributed by atoms with Crippen molar-refractivity contribution in [2.24, 2.45) is 0 Å². The van der Waals surface area contributed by atoms with Crippen molar-refractivity contribution in [1.29, 1.82) is 0 Å². The zero-order chi connectivity index (χ0) is 17.1. The Bertz CT molecular complexity index is 868. The molecule has 0 unspecified atom stereocenters. The Morgan fingerprint density at radius 2 is 2.08 bits per heavy atom. The summed E-state index contributed by atoms with van der Waals surface area (Å²) in [7, 11) is 0. The number of benzene rings is 1. The van der Waals surface area contributed by atoms with Crippen LogP contribution in [0, 0.1) is 5.82 Å². The third-order valence-corrected chi connectivity index (χ3v) is 4.73. The molecule has 0 amide bonds. The van der Waals surface area contributed by atoms with Gasteiger partial charge in [-0.15, -0.1) is 5.10 Å². The molecule has 124 valence electrons. The highest BCUT2D eigenvalue weighted by molar-refractivity contribution is 8.00. The standard InChI is InChI=1S/C15H14FN5O2S/c1-2-11(15(22)23)24-14-12-13(17-8-18-14)21(20-19-12)7-9-3-5-10(16)6-4-9/h3-6,8,11H,2,7H2,1H3,(H,22,23)/p-1/t11-/m0/s1. The second kappa shape index (κ2) is 6.91. The van der Waals surface area contributed by atoms with E-state index in [-0.39, 0.29) is 5.82 Å². The first-order valence-electron chi connectivity index (χ1n) is 7.24. The largest absolute Gasteiger partial charge is 0.549 e. The molecule has 2 heterocycles. The van der Waals surface area contributed by atoms with E-state index in [4.69, 9.17) is 0 Å². The molecule has 0 saturated heterocycles. The number of carbonyl (C=O) groups is 1. The van der Waals surface area contributed by atoms with E-state index in [1.54, 1.807) is 23.7 Å². The second-order valence-electron chi connectivity index (χ2n) is 5.06. The Hall–Kier alpha value is -2.55. The van der Waals surface area contributed by atoms with Gasteiger partial charge in [0.2, 0.25) is 0 Å². The van der Waals surface area contributed by atoms with Crippen LogP contribution in [-0.4, -0.2) is 36.2 Å². The van der Waals surface area contributed by atoms with Crippen LogP contribution in [0.4, 0.5) is 4.39 Å². The molecule has 0 bridgehead atoms. The van der Waals surface area contributed by atoms with E-state index in [2.05, 4.69) is 20.3 Å². The Balaban J connectivity index is 1.91. The average Bonchev–Trinajstić information content (AvgIpc) is 2.98. The maximum absolute atomic E-state index is 13.0. The van der Waals surface area contributed by atoms with Crippen molar-refractivity contribution in [2.45, 2.75) is 30.2 Å². The maximum Gasteiger partial charge on any atom is 0.183 e. The third kappa shape index (κ3) is 3.35. The van der Waals surface area contributed by atoms with E-state index in [0.717, 1.165) is 17.3 Å². The molecule has 0 N–H and O–H groups in total. The quantitative estimate of drug-likeness (QED) is 0.486. The minimum absolute atomic E-state index is 0.309. The van der Waals surface area contributed by atoms with E-state index in [0.29, 0.717) is 29.2 Å². The molecule has 0 fully saturated rings. The van der Waals surface area contributed by atoms with Crippen molar-refractivity contribution < 1.29 is 14.3 Å². The summed E-state index contributed by atoms with van der Waals surface area (Å²) in [6, 6.07) is 6.05. The third-order valence-electron chi connectivity index (χ3n) is 3.40. The van der Waals surface area contributed by atoms with Crippen LogP contribution in [0.15, 0.2) is 35.6 Å². The lowest BCUT2D eigenvalue weighted by Crippen LogP contribution is -2.33. The van der Waals surface area contributed by atoms with Crippen LogP contribution in [0.5, 0.6) is 0 Å². The zero-order valence-corrected chi connectivity index (χ0v) is 13.5. The van der Waals surface area contributed by atoms with Crippen LogP contribution < -0.4 is 5.11 Å². The van der Waals surface area contributed by atoms with Crippen LogP contribution in [0.2, 0.25) is 0 Å². The van der Waals surface area contributed by atoms with Gasteiger partial charge in [-0.25, -0.2) is 19.0 Å². The van der Waals surface area contributed by atoms with Crippen LogP contribution in [0.1, 0.15) is 18.9 Å². The van der Waals surface area contributed by atoms with Gasteiger partial charge in [-0.1, -0.05) is 36.0 Å². The Kier molecular flexibility index (Phi) is 4.70. The first kappa shape index (κ1) is 16.3. The van der Waals surface area contributed by atoms with Gasteiger partial charge in [0, 0.05) is 0 Å². The van der Waals surface area contributed by atoms with Gasteiger partial charge in [0.15, 0.2) is 11.2 Å². The lowest BCUT2D eigenvalue weighted by Gasteiger charge is -2.14. The van der Waals surface area contributed by atoms with E-state index < -0.39 is 11.2 Å². The number of thioether (sulfide) groups is 1. The number of nitrogens with zero attached hydrogens (tertiary/aromatic N) is 5. The van der Waals surface area contributed by atoms with E-state index in [9.17, 15) is 14.3 Å². The molecule has 0 radical (unpaired) electrons. The summed E-state index contributed by atoms with van der Waals surface area (Å²) in [5, 5.41) is 18.9. The first-order chi connectivity index (χ1) is 11.6. The first-order valence-corrected chi connectivity index (χ1v) is 8.12. The minimum Gasteiger partial charge on any atom is -0.549 e. The number of rotatable bonds is 6. The molecule has 9 heteroatoms. The molecule has 2 aromatic heterocycles.